The molecular formula is C14H21ClN2O. The van der Waals surface area contributed by atoms with Crippen molar-refractivity contribution in [3.05, 3.63) is 29.3 Å². The second-order valence-corrected chi connectivity index (χ2v) is 5.45. The Balaban J connectivity index is 1.79. The van der Waals surface area contributed by atoms with Crippen LogP contribution in [0.2, 0.25) is 5.02 Å². The van der Waals surface area contributed by atoms with Crippen LogP contribution in [-0.2, 0) is 0 Å². The van der Waals surface area contributed by atoms with Crippen LogP contribution in [0.3, 0.4) is 0 Å². The van der Waals surface area contributed by atoms with Crippen LogP contribution in [0.15, 0.2) is 24.3 Å². The molecule has 0 radical (unpaired) electrons. The molecule has 0 aromatic heterocycles. The molecule has 0 spiro atoms. The minimum Gasteiger partial charge on any atom is -0.492 e. The average molecular weight is 269 g/mol. The second-order valence-electron chi connectivity index (χ2n) is 5.02. The second kappa shape index (κ2) is 6.98. The van der Waals surface area contributed by atoms with E-state index in [1.54, 1.807) is 0 Å². The third-order valence-electron chi connectivity index (χ3n) is 3.58. The molecule has 1 atom stereocenters. The predicted molar refractivity (Wildman–Crippen MR) is 74.6 cm³/mol. The lowest BCUT2D eigenvalue weighted by Crippen LogP contribution is -2.40. The van der Waals surface area contributed by atoms with Gasteiger partial charge in [-0.15, -0.1) is 0 Å². The molecule has 1 saturated carbocycles. The van der Waals surface area contributed by atoms with Gasteiger partial charge in [0.1, 0.15) is 12.4 Å². The summed E-state index contributed by atoms with van der Waals surface area (Å²) in [7, 11) is 0. The van der Waals surface area contributed by atoms with Gasteiger partial charge in [-0.25, -0.2) is 0 Å². The molecule has 1 unspecified atom stereocenters. The number of rotatable bonds is 6. The first-order valence-electron chi connectivity index (χ1n) is 6.62. The molecule has 0 heterocycles. The largest absolute Gasteiger partial charge is 0.492 e. The summed E-state index contributed by atoms with van der Waals surface area (Å²) in [6.45, 7) is 0.591. The predicted octanol–water partition coefficient (Wildman–Crippen LogP) is 3.13. The summed E-state index contributed by atoms with van der Waals surface area (Å²) in [5.41, 5.74) is 2.86. The maximum atomic E-state index is 5.91. The number of hydrazine groups is 1. The Morgan fingerprint density at radius 2 is 2.17 bits per heavy atom. The monoisotopic (exact) mass is 268 g/mol. The van der Waals surface area contributed by atoms with E-state index in [9.17, 15) is 0 Å². The van der Waals surface area contributed by atoms with E-state index in [4.69, 9.17) is 22.2 Å². The Morgan fingerprint density at radius 3 is 2.83 bits per heavy atom. The zero-order valence-electron chi connectivity index (χ0n) is 10.6. The quantitative estimate of drug-likeness (QED) is 0.616. The maximum Gasteiger partial charge on any atom is 0.120 e. The summed E-state index contributed by atoms with van der Waals surface area (Å²) in [6, 6.07) is 7.68. The van der Waals surface area contributed by atoms with Gasteiger partial charge in [-0.2, -0.15) is 0 Å². The smallest absolute Gasteiger partial charge is 0.120 e. The topological polar surface area (TPSA) is 47.3 Å². The van der Waals surface area contributed by atoms with Crippen molar-refractivity contribution in [2.75, 3.05) is 6.61 Å². The summed E-state index contributed by atoms with van der Waals surface area (Å²) in [4.78, 5) is 0. The molecule has 100 valence electrons. The lowest BCUT2D eigenvalue weighted by molar-refractivity contribution is 0.239. The van der Waals surface area contributed by atoms with Crippen molar-refractivity contribution in [2.45, 2.75) is 38.1 Å². The summed E-state index contributed by atoms with van der Waals surface area (Å²) >= 11 is 5.91. The fourth-order valence-corrected chi connectivity index (χ4v) is 2.77. The van der Waals surface area contributed by atoms with E-state index in [-0.39, 0.29) is 6.04 Å². The maximum absolute atomic E-state index is 5.91. The lowest BCUT2D eigenvalue weighted by atomic mass is 9.99. The van der Waals surface area contributed by atoms with Crippen LogP contribution >= 0.6 is 11.6 Å². The molecular weight excluding hydrogens is 248 g/mol. The van der Waals surface area contributed by atoms with Gasteiger partial charge in [0.05, 0.1) is 6.04 Å². The van der Waals surface area contributed by atoms with Crippen molar-refractivity contribution < 1.29 is 4.74 Å². The van der Waals surface area contributed by atoms with Gasteiger partial charge in [0.2, 0.25) is 0 Å². The van der Waals surface area contributed by atoms with Crippen LogP contribution in [0, 0.1) is 5.92 Å². The summed E-state index contributed by atoms with van der Waals surface area (Å²) in [5.74, 6) is 7.19. The number of nitrogens with one attached hydrogen (secondary N) is 1. The Morgan fingerprint density at radius 1 is 1.39 bits per heavy atom. The highest BCUT2D eigenvalue weighted by Crippen LogP contribution is 2.28. The van der Waals surface area contributed by atoms with E-state index in [0.717, 1.165) is 18.1 Å². The fraction of sp³-hybridized carbons (Fsp3) is 0.571. The minimum absolute atomic E-state index is 0.215. The van der Waals surface area contributed by atoms with Crippen LogP contribution in [0.4, 0.5) is 0 Å². The van der Waals surface area contributed by atoms with E-state index in [1.165, 1.54) is 25.7 Å². The highest BCUT2D eigenvalue weighted by Gasteiger charge is 2.19. The van der Waals surface area contributed by atoms with Crippen molar-refractivity contribution in [3.8, 4) is 5.75 Å². The molecule has 0 bridgehead atoms. The first-order chi connectivity index (χ1) is 8.78. The van der Waals surface area contributed by atoms with E-state index < -0.39 is 0 Å². The van der Waals surface area contributed by atoms with Gasteiger partial charge < -0.3 is 4.74 Å². The molecule has 18 heavy (non-hydrogen) atoms. The normalized spacial score (nSPS) is 17.9. The molecule has 3 N–H and O–H groups in total. The van der Waals surface area contributed by atoms with Gasteiger partial charge in [-0.1, -0.05) is 43.4 Å². The molecule has 0 aliphatic heterocycles. The minimum atomic E-state index is 0.215. The summed E-state index contributed by atoms with van der Waals surface area (Å²) in [6.07, 6.45) is 6.47. The molecule has 1 aromatic rings. The first-order valence-corrected chi connectivity index (χ1v) is 7.00. The van der Waals surface area contributed by atoms with Crippen LogP contribution in [0.1, 0.15) is 32.1 Å². The Hall–Kier alpha value is -0.770. The third kappa shape index (κ3) is 4.16. The number of halogens is 1. The average Bonchev–Trinajstić information content (AvgIpc) is 2.87. The SMILES string of the molecule is NNC(COc1cccc(Cl)c1)CC1CCCC1. The Bertz CT molecular complexity index is 367. The molecule has 3 nitrogen and oxygen atoms in total. The van der Waals surface area contributed by atoms with Crippen LogP contribution in [0.5, 0.6) is 5.75 Å². The fourth-order valence-electron chi connectivity index (χ4n) is 2.59. The number of benzene rings is 1. The van der Waals surface area contributed by atoms with E-state index in [0.29, 0.717) is 11.6 Å². The number of nitrogens with two attached hydrogens (primary N) is 1. The highest BCUT2D eigenvalue weighted by atomic mass is 35.5. The summed E-state index contributed by atoms with van der Waals surface area (Å²) < 4.78 is 5.72. The van der Waals surface area contributed by atoms with Gasteiger partial charge in [0.15, 0.2) is 0 Å². The van der Waals surface area contributed by atoms with E-state index in [2.05, 4.69) is 5.43 Å². The van der Waals surface area contributed by atoms with E-state index in [1.807, 2.05) is 24.3 Å². The molecule has 4 heteroatoms. The van der Waals surface area contributed by atoms with Gasteiger partial charge >= 0.3 is 0 Å². The Labute approximate surface area is 114 Å². The van der Waals surface area contributed by atoms with Crippen LogP contribution < -0.4 is 16.0 Å². The third-order valence-corrected chi connectivity index (χ3v) is 3.81. The van der Waals surface area contributed by atoms with Gasteiger partial charge in [-0.05, 0) is 30.5 Å². The van der Waals surface area contributed by atoms with Crippen molar-refractivity contribution in [3.63, 3.8) is 0 Å². The molecule has 1 aliphatic rings. The Kier molecular flexibility index (Phi) is 5.29. The lowest BCUT2D eigenvalue weighted by Gasteiger charge is -2.20. The van der Waals surface area contributed by atoms with Crippen molar-refractivity contribution in [1.82, 2.24) is 5.43 Å². The summed E-state index contributed by atoms with van der Waals surface area (Å²) in [5, 5.41) is 0.695. The number of hydrogen-bond donors (Lipinski definition) is 2. The first kappa shape index (κ1) is 13.7. The zero-order chi connectivity index (χ0) is 12.8. The van der Waals surface area contributed by atoms with Crippen molar-refractivity contribution >= 4 is 11.6 Å². The van der Waals surface area contributed by atoms with Crippen molar-refractivity contribution in [2.24, 2.45) is 11.8 Å². The molecule has 0 saturated heterocycles. The molecule has 0 amide bonds. The van der Waals surface area contributed by atoms with Crippen LogP contribution in [0.25, 0.3) is 0 Å². The van der Waals surface area contributed by atoms with Gasteiger partial charge in [0.25, 0.3) is 0 Å². The molecule has 2 rings (SSSR count). The highest BCUT2D eigenvalue weighted by molar-refractivity contribution is 6.30. The zero-order valence-corrected chi connectivity index (χ0v) is 11.3. The number of ether oxygens (including phenoxy) is 1. The number of hydrogen-bond acceptors (Lipinski definition) is 3. The van der Waals surface area contributed by atoms with E-state index >= 15 is 0 Å². The van der Waals surface area contributed by atoms with Gasteiger partial charge in [-0.3, -0.25) is 11.3 Å². The molecule has 1 aromatic carbocycles. The molecule has 1 fully saturated rings. The van der Waals surface area contributed by atoms with Gasteiger partial charge in [0, 0.05) is 5.02 Å². The van der Waals surface area contributed by atoms with Crippen molar-refractivity contribution in [1.29, 1.82) is 0 Å². The standard InChI is InChI=1S/C14H21ClN2O/c15-12-6-3-7-14(9-12)18-10-13(17-16)8-11-4-1-2-5-11/h3,6-7,9,11,13,17H,1-2,4-5,8,10,16H2. The van der Waals surface area contributed by atoms with Crippen LogP contribution in [-0.4, -0.2) is 12.6 Å². The molecule has 1 aliphatic carbocycles.